The van der Waals surface area contributed by atoms with Crippen LogP contribution in [-0.4, -0.2) is 18.1 Å². The lowest BCUT2D eigenvalue weighted by Crippen LogP contribution is -2.18. The van der Waals surface area contributed by atoms with Gasteiger partial charge in [0.05, 0.1) is 0 Å². The number of guanidine groups is 2. The normalized spacial score (nSPS) is 13.6. The predicted octanol–water partition coefficient (Wildman–Crippen LogP) is 0.921. The van der Waals surface area contributed by atoms with Crippen LogP contribution in [0.25, 0.3) is 0 Å². The first-order valence-electron chi connectivity index (χ1n) is 5.60. The van der Waals surface area contributed by atoms with E-state index in [0.717, 1.165) is 12.8 Å². The van der Waals surface area contributed by atoms with Crippen LogP contribution in [0.3, 0.4) is 0 Å². The Bertz CT molecular complexity index is 256. The molecule has 0 aromatic heterocycles. The third kappa shape index (κ3) is 8.98. The molecule has 0 spiro atoms. The number of aliphatic imine (C=N–C) groups is 2. The lowest BCUT2D eigenvalue weighted by Gasteiger charge is -1.96. The number of rotatable bonds is 6. The summed E-state index contributed by atoms with van der Waals surface area (Å²) in [6.45, 7) is 2.20. The molecule has 0 saturated carbocycles. The minimum absolute atomic E-state index is 0.0717. The number of hydrogen-bond donors (Lipinski definition) is 3. The Morgan fingerprint density at radius 2 is 1.75 bits per heavy atom. The van der Waals surface area contributed by atoms with Crippen molar-refractivity contribution in [3.63, 3.8) is 0 Å². The molecule has 0 aromatic carbocycles. The lowest BCUT2D eigenvalue weighted by atomic mass is 10.1. The number of hydrogen-bond acceptors (Lipinski definition) is 2. The molecule has 0 fully saturated rings. The van der Waals surface area contributed by atoms with Crippen LogP contribution in [0.4, 0.5) is 0 Å². The summed E-state index contributed by atoms with van der Waals surface area (Å²) in [7, 11) is 0. The fourth-order valence-corrected chi connectivity index (χ4v) is 1.17. The zero-order valence-electron chi connectivity index (χ0n) is 9.89. The Morgan fingerprint density at radius 1 is 1.06 bits per heavy atom. The highest BCUT2D eigenvalue weighted by molar-refractivity contribution is 5.96. The predicted molar refractivity (Wildman–Crippen MR) is 69.3 cm³/mol. The van der Waals surface area contributed by atoms with Gasteiger partial charge in [-0.25, -0.2) is 4.99 Å². The van der Waals surface area contributed by atoms with Crippen molar-refractivity contribution in [3.05, 3.63) is 0 Å². The van der Waals surface area contributed by atoms with E-state index in [2.05, 4.69) is 22.0 Å². The van der Waals surface area contributed by atoms with Crippen molar-refractivity contribution >= 4 is 18.1 Å². The Balaban J connectivity index is 3.64. The average molecular weight is 226 g/mol. The topological polar surface area (TPSA) is 115 Å². The SMILES string of the molecule is CCCCCCC/C=N/C(N)=N\C(N)=N\N. The number of hydrazone groups is 1. The second-order valence-electron chi connectivity index (χ2n) is 3.47. The van der Waals surface area contributed by atoms with E-state index in [-0.39, 0.29) is 11.9 Å². The van der Waals surface area contributed by atoms with Gasteiger partial charge >= 0.3 is 0 Å². The molecule has 0 rings (SSSR count). The first kappa shape index (κ1) is 14.4. The lowest BCUT2D eigenvalue weighted by molar-refractivity contribution is 0.645. The van der Waals surface area contributed by atoms with Crippen molar-refractivity contribution < 1.29 is 0 Å². The van der Waals surface area contributed by atoms with E-state index in [1.165, 1.54) is 25.7 Å². The van der Waals surface area contributed by atoms with Crippen molar-refractivity contribution in [1.82, 2.24) is 0 Å². The molecule has 0 atom stereocenters. The van der Waals surface area contributed by atoms with Crippen molar-refractivity contribution in [3.8, 4) is 0 Å². The molecule has 16 heavy (non-hydrogen) atoms. The van der Waals surface area contributed by atoms with Crippen LogP contribution in [-0.2, 0) is 0 Å². The second-order valence-corrected chi connectivity index (χ2v) is 3.47. The Morgan fingerprint density at radius 3 is 2.38 bits per heavy atom. The number of nitrogens with two attached hydrogens (primary N) is 3. The van der Waals surface area contributed by atoms with E-state index >= 15 is 0 Å². The highest BCUT2D eigenvalue weighted by atomic mass is 15.2. The van der Waals surface area contributed by atoms with Crippen molar-refractivity contribution in [1.29, 1.82) is 0 Å². The molecular formula is C10H22N6. The first-order chi connectivity index (χ1) is 7.70. The van der Waals surface area contributed by atoms with Gasteiger partial charge in [0.2, 0.25) is 11.9 Å². The Labute approximate surface area is 96.7 Å². The quantitative estimate of drug-likeness (QED) is 0.205. The zero-order chi connectivity index (χ0) is 12.2. The molecule has 0 aliphatic rings. The van der Waals surface area contributed by atoms with E-state index in [1.807, 2.05) is 0 Å². The highest BCUT2D eigenvalue weighted by Crippen LogP contribution is 2.03. The van der Waals surface area contributed by atoms with Gasteiger partial charge in [0.1, 0.15) is 0 Å². The van der Waals surface area contributed by atoms with Gasteiger partial charge in [-0.3, -0.25) is 0 Å². The maximum atomic E-state index is 5.45. The molecule has 6 heteroatoms. The van der Waals surface area contributed by atoms with Gasteiger partial charge in [0.15, 0.2) is 0 Å². The average Bonchev–Trinajstić information content (AvgIpc) is 2.27. The van der Waals surface area contributed by atoms with E-state index in [9.17, 15) is 0 Å². The summed E-state index contributed by atoms with van der Waals surface area (Å²) in [5.41, 5.74) is 10.7. The fraction of sp³-hybridized carbons (Fsp3) is 0.700. The fourth-order valence-electron chi connectivity index (χ4n) is 1.17. The van der Waals surface area contributed by atoms with Crippen LogP contribution in [0, 0.1) is 0 Å². The van der Waals surface area contributed by atoms with Gasteiger partial charge in [-0.2, -0.15) is 4.99 Å². The van der Waals surface area contributed by atoms with Gasteiger partial charge in [-0.15, -0.1) is 5.10 Å². The second kappa shape index (κ2) is 9.95. The Kier molecular flexibility index (Phi) is 8.96. The summed E-state index contributed by atoms with van der Waals surface area (Å²) in [5.74, 6) is 4.90. The molecule has 0 amide bonds. The van der Waals surface area contributed by atoms with Crippen molar-refractivity contribution in [2.45, 2.75) is 45.4 Å². The van der Waals surface area contributed by atoms with Crippen LogP contribution in [0.1, 0.15) is 45.4 Å². The first-order valence-corrected chi connectivity index (χ1v) is 5.60. The molecule has 0 unspecified atom stereocenters. The summed E-state index contributed by atoms with van der Waals surface area (Å²) in [4.78, 5) is 7.56. The molecule has 0 aromatic rings. The molecule has 6 nitrogen and oxygen atoms in total. The van der Waals surface area contributed by atoms with Gasteiger partial charge in [-0.05, 0) is 12.8 Å². The maximum absolute atomic E-state index is 5.45. The summed E-state index contributed by atoms with van der Waals surface area (Å²) >= 11 is 0. The van der Waals surface area contributed by atoms with Crippen molar-refractivity contribution in [2.75, 3.05) is 0 Å². The van der Waals surface area contributed by atoms with Crippen LogP contribution in [0.5, 0.6) is 0 Å². The van der Waals surface area contributed by atoms with E-state index < -0.39 is 0 Å². The zero-order valence-corrected chi connectivity index (χ0v) is 9.89. The molecule has 0 saturated heterocycles. The molecule has 0 aliphatic heterocycles. The summed E-state index contributed by atoms with van der Waals surface area (Å²) in [6, 6.07) is 0. The summed E-state index contributed by atoms with van der Waals surface area (Å²) in [5, 5.41) is 3.16. The third-order valence-electron chi connectivity index (χ3n) is 2.02. The largest absolute Gasteiger partial charge is 0.368 e. The van der Waals surface area contributed by atoms with Crippen molar-refractivity contribution in [2.24, 2.45) is 32.4 Å². The van der Waals surface area contributed by atoms with E-state index in [0.29, 0.717) is 0 Å². The van der Waals surface area contributed by atoms with E-state index in [4.69, 9.17) is 17.3 Å². The van der Waals surface area contributed by atoms with Gasteiger partial charge < -0.3 is 17.3 Å². The number of unbranched alkanes of at least 4 members (excludes halogenated alkanes) is 5. The maximum Gasteiger partial charge on any atom is 0.240 e. The van der Waals surface area contributed by atoms with Crippen LogP contribution in [0.2, 0.25) is 0 Å². The van der Waals surface area contributed by atoms with E-state index in [1.54, 1.807) is 6.21 Å². The number of nitrogens with zero attached hydrogens (tertiary/aromatic N) is 3. The standard InChI is InChI=1S/C10H22N6/c1-2-3-4-5-6-7-8-14-9(11)15-10(12)16-13/h8H,2-7,13H2,1H3,(H4,11,12,15,16)/b14-8+. The molecule has 0 heterocycles. The molecule has 6 N–H and O–H groups in total. The smallest absolute Gasteiger partial charge is 0.240 e. The van der Waals surface area contributed by atoms with Gasteiger partial charge in [-0.1, -0.05) is 32.6 Å². The van der Waals surface area contributed by atoms with Crippen LogP contribution < -0.4 is 17.3 Å². The van der Waals surface area contributed by atoms with Crippen LogP contribution in [0.15, 0.2) is 15.1 Å². The summed E-state index contributed by atoms with van der Waals surface area (Å²) in [6.07, 6.45) is 8.82. The molecule has 0 aliphatic carbocycles. The molecular weight excluding hydrogens is 204 g/mol. The third-order valence-corrected chi connectivity index (χ3v) is 2.02. The van der Waals surface area contributed by atoms with Gasteiger partial charge in [0, 0.05) is 6.21 Å². The van der Waals surface area contributed by atoms with Crippen LogP contribution >= 0.6 is 0 Å². The minimum atomic E-state index is -0.0717. The molecule has 0 radical (unpaired) electrons. The highest BCUT2D eigenvalue weighted by Gasteiger charge is 1.90. The molecule has 0 bridgehead atoms. The minimum Gasteiger partial charge on any atom is -0.368 e. The van der Waals surface area contributed by atoms with Gasteiger partial charge in [0.25, 0.3) is 0 Å². The summed E-state index contributed by atoms with van der Waals surface area (Å²) < 4.78 is 0. The monoisotopic (exact) mass is 226 g/mol. The molecule has 92 valence electrons. The Hall–Kier alpha value is -1.59.